The average molecular weight is 1070 g/mol. The lowest BCUT2D eigenvalue weighted by atomic mass is 10.1. The summed E-state index contributed by atoms with van der Waals surface area (Å²) >= 11 is 0. The molecule has 3 atom stereocenters. The molecule has 1 amide bonds. The van der Waals surface area contributed by atoms with E-state index in [9.17, 15) is 91.8 Å². The number of anilines is 1. The molecular weight excluding hydrogens is 1040 g/mol. The maximum absolute atomic E-state index is 13.3. The van der Waals surface area contributed by atoms with Gasteiger partial charge < -0.3 is 35.0 Å². The van der Waals surface area contributed by atoms with E-state index in [1.807, 2.05) is 0 Å². The molecule has 0 saturated heterocycles. The van der Waals surface area contributed by atoms with Crippen LogP contribution in [0.5, 0.6) is 17.2 Å². The molecule has 5 aromatic rings. The van der Waals surface area contributed by atoms with E-state index in [1.165, 1.54) is 0 Å². The van der Waals surface area contributed by atoms with Crippen LogP contribution in [0.4, 0.5) is 34.1 Å². The fourth-order valence-corrected chi connectivity index (χ4v) is 8.65. The van der Waals surface area contributed by atoms with Crippen LogP contribution in [0.2, 0.25) is 0 Å². The highest BCUT2D eigenvalue weighted by atomic mass is 32.2. The quantitative estimate of drug-likeness (QED) is 0.0353. The first-order chi connectivity index (χ1) is 32.9. The van der Waals surface area contributed by atoms with Gasteiger partial charge in [-0.2, -0.15) is 54.0 Å². The zero-order valence-corrected chi connectivity index (χ0v) is 38.5. The summed E-state index contributed by atoms with van der Waals surface area (Å²) in [5, 5.41) is 76.0. The lowest BCUT2D eigenvalue weighted by molar-refractivity contribution is -0.130. The molecule has 34 heteroatoms. The molecular formula is C37H30N8O22S4. The number of phenols is 1. The van der Waals surface area contributed by atoms with E-state index in [2.05, 4.69) is 35.8 Å². The van der Waals surface area contributed by atoms with Crippen molar-refractivity contribution in [3.8, 4) is 17.2 Å². The number of carbonyl (C=O) groups excluding carboxylic acids is 1. The molecule has 71 heavy (non-hydrogen) atoms. The first-order valence-electron chi connectivity index (χ1n) is 18.8. The van der Waals surface area contributed by atoms with Crippen LogP contribution in [-0.4, -0.2) is 120 Å². The Bertz CT molecular complexity index is 3660. The number of hydrogen-bond donors (Lipinski definition) is 9. The van der Waals surface area contributed by atoms with Gasteiger partial charge in [-0.15, -0.1) is 20.5 Å². The monoisotopic (exact) mass is 1070 g/mol. The lowest BCUT2D eigenvalue weighted by Gasteiger charge is -2.16. The highest BCUT2D eigenvalue weighted by Crippen LogP contribution is 2.47. The third-order valence-electron chi connectivity index (χ3n) is 9.14. The number of aromatic hydroxyl groups is 1. The summed E-state index contributed by atoms with van der Waals surface area (Å²) in [5.74, 6) is -7.02. The third-order valence-corrected chi connectivity index (χ3v) is 12.7. The standard InChI is InChI=1S/C37H30N8O22S4/c1-15(46)66-27-14-26(28(67-16(2)47)13-25(27)40-38-23-9-7-19(69(57,58)59)11-22(23)36(50)51)41-42-30-29(70(60,61)62)12-21-20(33(30)48)8-10-24(34(21)71(63,64)65)39-43-31-32(37(52)53)44-45(35(31)49)17-3-5-18(6-4-17)68(54,55)56/h3-16,31,46-48H,1-2H3,(H,50,51)(H,52,53)(H,54,55,56)(H,57,58,59)(H,60,61,62)(H,63,64,65). The molecule has 1 aliphatic heterocycles. The molecule has 5 aromatic carbocycles. The number of nitrogens with zero attached hydrogens (tertiary/aromatic N) is 8. The second-order valence-electron chi connectivity index (χ2n) is 14.1. The summed E-state index contributed by atoms with van der Waals surface area (Å²) in [6, 6.07) is 7.53. The Kier molecular flexibility index (Phi) is 14.5. The normalized spacial score (nSPS) is 15.7. The number of hydrogen-bond acceptors (Lipinski definition) is 23. The molecule has 374 valence electrons. The Morgan fingerprint density at radius 1 is 0.620 bits per heavy atom. The molecule has 1 aliphatic rings. The maximum Gasteiger partial charge on any atom is 0.355 e. The fraction of sp³-hybridized carbons (Fsp3) is 0.135. The van der Waals surface area contributed by atoms with Crippen LogP contribution in [0.3, 0.4) is 0 Å². The van der Waals surface area contributed by atoms with E-state index in [1.54, 1.807) is 0 Å². The van der Waals surface area contributed by atoms with Crippen LogP contribution in [0.25, 0.3) is 10.8 Å². The largest absolute Gasteiger partial charge is 0.505 e. The number of hydrazone groups is 1. The number of ether oxygens (including phenoxy) is 2. The lowest BCUT2D eigenvalue weighted by Crippen LogP contribution is -2.33. The SMILES string of the molecule is CC(O)Oc1cc(N=Nc2c(S(=O)(=O)O)cc3c(S(=O)(=O)O)c(N=NC4C(=O)N(c5ccc(S(=O)(=O)O)cc5)N=C4C(=O)O)ccc3c2O)c(OC(C)O)cc1N=Nc1ccc(S(=O)(=O)O)cc1C(=O)O. The van der Waals surface area contributed by atoms with Gasteiger partial charge in [0.05, 0.1) is 21.0 Å². The number of benzene rings is 5. The van der Waals surface area contributed by atoms with Crippen LogP contribution in [0, 0.1) is 0 Å². The zero-order chi connectivity index (χ0) is 52.7. The highest BCUT2D eigenvalue weighted by molar-refractivity contribution is 7.87. The molecule has 1 heterocycles. The molecule has 6 rings (SSSR count). The minimum atomic E-state index is -5.60. The van der Waals surface area contributed by atoms with Gasteiger partial charge in [0, 0.05) is 22.9 Å². The summed E-state index contributed by atoms with van der Waals surface area (Å²) in [7, 11) is -20.7. The fourth-order valence-electron chi connectivity index (χ4n) is 6.19. The zero-order valence-electron chi connectivity index (χ0n) is 35.2. The summed E-state index contributed by atoms with van der Waals surface area (Å²) in [6.45, 7) is 2.21. The predicted molar refractivity (Wildman–Crippen MR) is 235 cm³/mol. The van der Waals surface area contributed by atoms with Gasteiger partial charge in [0.25, 0.3) is 46.4 Å². The van der Waals surface area contributed by atoms with E-state index in [4.69, 9.17) is 9.47 Å². The summed E-state index contributed by atoms with van der Waals surface area (Å²) in [6.07, 6.45) is -3.34. The number of rotatable bonds is 17. The summed E-state index contributed by atoms with van der Waals surface area (Å²) in [5.41, 5.74) is -5.46. The Morgan fingerprint density at radius 3 is 1.63 bits per heavy atom. The van der Waals surface area contributed by atoms with Crippen molar-refractivity contribution in [2.24, 2.45) is 35.8 Å². The number of fused-ring (bicyclic) bond motifs is 1. The Labute approximate surface area is 397 Å². The Balaban J connectivity index is 1.46. The van der Waals surface area contributed by atoms with Crippen LogP contribution in [0.1, 0.15) is 24.2 Å². The van der Waals surface area contributed by atoms with E-state index in [0.717, 1.165) is 74.5 Å². The molecule has 0 fully saturated rings. The Hall–Kier alpha value is -7.80. The van der Waals surface area contributed by atoms with E-state index < -0.39 is 164 Å². The molecule has 0 radical (unpaired) electrons. The third kappa shape index (κ3) is 11.6. The van der Waals surface area contributed by atoms with Gasteiger partial charge in [0.15, 0.2) is 35.5 Å². The number of carboxylic acid groups (broad SMARTS) is 2. The molecule has 0 aromatic heterocycles. The molecule has 30 nitrogen and oxygen atoms in total. The van der Waals surface area contributed by atoms with Crippen molar-refractivity contribution in [2.45, 2.75) is 52.1 Å². The average Bonchev–Trinajstić information content (AvgIpc) is 3.59. The molecule has 0 spiro atoms. The number of amides is 1. The minimum absolute atomic E-state index is 0.229. The molecule has 0 bridgehead atoms. The van der Waals surface area contributed by atoms with E-state index in [-0.39, 0.29) is 5.69 Å². The smallest absolute Gasteiger partial charge is 0.355 e. The van der Waals surface area contributed by atoms with Gasteiger partial charge in [-0.25, -0.2) is 9.59 Å². The number of aliphatic carboxylic acids is 1. The molecule has 0 aliphatic carbocycles. The number of azo groups is 3. The van der Waals surface area contributed by atoms with Crippen LogP contribution in [-0.2, 0) is 50.1 Å². The topological polar surface area (TPSA) is 478 Å². The van der Waals surface area contributed by atoms with Crippen LogP contribution < -0.4 is 14.5 Å². The second-order valence-corrected chi connectivity index (χ2v) is 19.7. The van der Waals surface area contributed by atoms with Gasteiger partial charge in [-0.3, -0.25) is 23.0 Å². The summed E-state index contributed by atoms with van der Waals surface area (Å²) < 4.78 is 148. The van der Waals surface area contributed by atoms with Gasteiger partial charge in [0.2, 0.25) is 6.04 Å². The van der Waals surface area contributed by atoms with E-state index >= 15 is 0 Å². The van der Waals surface area contributed by atoms with Crippen molar-refractivity contribution < 1.29 is 101 Å². The molecule has 9 N–H and O–H groups in total. The van der Waals surface area contributed by atoms with E-state index in [0.29, 0.717) is 17.1 Å². The summed E-state index contributed by atoms with van der Waals surface area (Å²) in [4.78, 5) is 33.2. The molecule has 0 saturated carbocycles. The minimum Gasteiger partial charge on any atom is -0.505 e. The van der Waals surface area contributed by atoms with Gasteiger partial charge in [-0.1, -0.05) is 0 Å². The number of aliphatic hydroxyl groups is 2. The van der Waals surface area contributed by atoms with Crippen molar-refractivity contribution in [3.05, 3.63) is 78.4 Å². The number of aromatic carboxylic acids is 1. The number of phenolic OH excluding ortho intramolecular Hbond substituents is 1. The second kappa shape index (κ2) is 19.5. The highest BCUT2D eigenvalue weighted by Gasteiger charge is 2.41. The van der Waals surface area contributed by atoms with Crippen LogP contribution >= 0.6 is 0 Å². The maximum atomic E-state index is 13.3. The van der Waals surface area contributed by atoms with Crippen molar-refractivity contribution >= 4 is 109 Å². The van der Waals surface area contributed by atoms with Crippen molar-refractivity contribution in [1.29, 1.82) is 0 Å². The van der Waals surface area contributed by atoms with Gasteiger partial charge in [-0.05, 0) is 74.5 Å². The van der Waals surface area contributed by atoms with Crippen molar-refractivity contribution in [2.75, 3.05) is 5.01 Å². The number of carbonyl (C=O) groups is 3. The number of carboxylic acids is 2. The van der Waals surface area contributed by atoms with Gasteiger partial charge in [0.1, 0.15) is 38.2 Å². The Morgan fingerprint density at radius 2 is 1.14 bits per heavy atom. The molecule has 3 unspecified atom stereocenters. The number of aliphatic hydroxyl groups excluding tert-OH is 2. The predicted octanol–water partition coefficient (Wildman–Crippen LogP) is 4.44. The van der Waals surface area contributed by atoms with Gasteiger partial charge >= 0.3 is 11.9 Å². The van der Waals surface area contributed by atoms with Crippen molar-refractivity contribution in [1.82, 2.24) is 0 Å². The van der Waals surface area contributed by atoms with Crippen molar-refractivity contribution in [3.63, 3.8) is 0 Å². The van der Waals surface area contributed by atoms with Crippen LogP contribution in [0.15, 0.2) is 128 Å². The first-order valence-corrected chi connectivity index (χ1v) is 24.6. The first kappa shape index (κ1) is 52.6.